The van der Waals surface area contributed by atoms with Gasteiger partial charge in [0.2, 0.25) is 0 Å². The molecule has 2 N–H and O–H groups in total. The summed E-state index contributed by atoms with van der Waals surface area (Å²) in [5.74, 6) is 0.901. The Morgan fingerprint density at radius 2 is 2.04 bits per heavy atom. The van der Waals surface area contributed by atoms with Crippen LogP contribution in [0.1, 0.15) is 5.56 Å². The molecule has 0 unspecified atom stereocenters. The molecule has 0 bridgehead atoms. The fraction of sp³-hybridized carbons (Fsp3) is 0.0556. The number of hydrogen-bond acceptors (Lipinski definition) is 4. The molecule has 0 atom stereocenters. The Hall–Kier alpha value is -2.53. The first-order valence-corrected chi connectivity index (χ1v) is 8.91. The number of ether oxygens (including phenoxy) is 1. The first kappa shape index (κ1) is 20.8. The zero-order valence-electron chi connectivity index (χ0n) is 13.6. The van der Waals surface area contributed by atoms with E-state index in [9.17, 15) is 9.59 Å². The molecule has 6 nitrogen and oxygen atoms in total. The van der Waals surface area contributed by atoms with Gasteiger partial charge in [0.1, 0.15) is 12.4 Å². The molecule has 0 heterocycles. The van der Waals surface area contributed by atoms with Crippen LogP contribution in [0.15, 0.2) is 46.0 Å². The lowest BCUT2D eigenvalue weighted by Gasteiger charge is -2.08. The van der Waals surface area contributed by atoms with Gasteiger partial charge >= 0.3 is 11.8 Å². The van der Waals surface area contributed by atoms with Gasteiger partial charge in [-0.1, -0.05) is 51.1 Å². The van der Waals surface area contributed by atoms with Crippen LogP contribution >= 0.6 is 39.1 Å². The normalized spacial score (nSPS) is 10.3. The van der Waals surface area contributed by atoms with Gasteiger partial charge < -0.3 is 10.1 Å². The van der Waals surface area contributed by atoms with Crippen molar-refractivity contribution < 1.29 is 14.3 Å². The van der Waals surface area contributed by atoms with Crippen LogP contribution in [0.25, 0.3) is 0 Å². The molecule has 9 heteroatoms. The van der Waals surface area contributed by atoms with Crippen LogP contribution in [-0.2, 0) is 9.59 Å². The number of rotatable bonds is 5. The van der Waals surface area contributed by atoms with E-state index < -0.39 is 11.8 Å². The van der Waals surface area contributed by atoms with Crippen molar-refractivity contribution in [2.24, 2.45) is 5.10 Å². The van der Waals surface area contributed by atoms with Gasteiger partial charge in [-0.2, -0.15) is 5.10 Å². The van der Waals surface area contributed by atoms with E-state index in [4.69, 9.17) is 34.4 Å². The predicted octanol–water partition coefficient (Wildman–Crippen LogP) is 3.86. The van der Waals surface area contributed by atoms with Gasteiger partial charge in [-0.25, -0.2) is 5.43 Å². The Bertz CT molecular complexity index is 942. The number of carbonyl (C=O) groups is 2. The summed E-state index contributed by atoms with van der Waals surface area (Å²) in [4.78, 5) is 23.8. The molecule has 27 heavy (non-hydrogen) atoms. The molecule has 2 rings (SSSR count). The minimum Gasteiger partial charge on any atom is -0.480 e. The summed E-state index contributed by atoms with van der Waals surface area (Å²) in [5, 5.41) is 6.49. The second-order valence-corrected chi connectivity index (χ2v) is 6.63. The number of carbonyl (C=O) groups excluding carboxylic acids is 2. The lowest BCUT2D eigenvalue weighted by Crippen LogP contribution is -2.32. The summed E-state index contributed by atoms with van der Waals surface area (Å²) in [6, 6.07) is 9.83. The molecule has 0 saturated carbocycles. The highest BCUT2D eigenvalue weighted by molar-refractivity contribution is 9.10. The summed E-state index contributed by atoms with van der Waals surface area (Å²) in [7, 11) is 0. The summed E-state index contributed by atoms with van der Waals surface area (Å²) in [6.07, 6.45) is 6.50. The van der Waals surface area contributed by atoms with Gasteiger partial charge in [0.05, 0.1) is 21.9 Å². The van der Waals surface area contributed by atoms with E-state index in [1.54, 1.807) is 30.3 Å². The third-order valence-corrected chi connectivity index (χ3v) is 4.37. The highest BCUT2D eigenvalue weighted by atomic mass is 79.9. The van der Waals surface area contributed by atoms with Crippen molar-refractivity contribution in [1.29, 1.82) is 0 Å². The summed E-state index contributed by atoms with van der Waals surface area (Å²) in [6.45, 7) is 0.0810. The van der Waals surface area contributed by atoms with Crippen LogP contribution in [0.3, 0.4) is 0 Å². The van der Waals surface area contributed by atoms with E-state index in [1.807, 2.05) is 0 Å². The number of terminal acetylenes is 1. The average Bonchev–Trinajstić information content (AvgIpc) is 2.64. The number of benzene rings is 2. The molecule has 0 saturated heterocycles. The van der Waals surface area contributed by atoms with Gasteiger partial charge in [0.25, 0.3) is 0 Å². The molecule has 0 fully saturated rings. The van der Waals surface area contributed by atoms with Gasteiger partial charge in [-0.15, -0.1) is 6.42 Å². The number of hydrogen-bond donors (Lipinski definition) is 2. The molecule has 138 valence electrons. The third kappa shape index (κ3) is 6.00. The molecule has 2 amide bonds. The van der Waals surface area contributed by atoms with Crippen molar-refractivity contribution >= 4 is 62.8 Å². The number of nitrogens with one attached hydrogen (secondary N) is 2. The first-order chi connectivity index (χ1) is 12.9. The second kappa shape index (κ2) is 9.97. The number of nitrogens with zero attached hydrogens (tertiary/aromatic N) is 1. The highest BCUT2D eigenvalue weighted by Gasteiger charge is 2.15. The number of anilines is 1. The van der Waals surface area contributed by atoms with Gasteiger partial charge in [0, 0.05) is 10.0 Å². The quantitative estimate of drug-likeness (QED) is 0.302. The fourth-order valence-electron chi connectivity index (χ4n) is 1.86. The van der Waals surface area contributed by atoms with E-state index in [2.05, 4.69) is 37.7 Å². The van der Waals surface area contributed by atoms with Crippen molar-refractivity contribution in [2.45, 2.75) is 0 Å². The minimum absolute atomic E-state index is 0.0810. The maximum absolute atomic E-state index is 11.9. The number of hydrazone groups is 1. The van der Waals surface area contributed by atoms with E-state index in [-0.39, 0.29) is 22.3 Å². The number of amides is 2. The SMILES string of the molecule is C#CCOc1ccc(Br)cc1/C=N/NC(=O)C(=O)Nc1cccc(Cl)c1Cl. The van der Waals surface area contributed by atoms with Crippen LogP contribution < -0.4 is 15.5 Å². The average molecular weight is 469 g/mol. The van der Waals surface area contributed by atoms with E-state index in [1.165, 1.54) is 12.3 Å². The molecule has 0 aliphatic carbocycles. The van der Waals surface area contributed by atoms with Crippen molar-refractivity contribution in [3.05, 3.63) is 56.5 Å². The Balaban J connectivity index is 2.02. The van der Waals surface area contributed by atoms with Gasteiger partial charge in [0.15, 0.2) is 0 Å². The second-order valence-electron chi connectivity index (χ2n) is 4.93. The zero-order valence-corrected chi connectivity index (χ0v) is 16.7. The Morgan fingerprint density at radius 1 is 1.26 bits per heavy atom. The molecular formula is C18H12BrCl2N3O3. The molecule has 0 aromatic heterocycles. The summed E-state index contributed by atoms with van der Waals surface area (Å²) >= 11 is 15.1. The minimum atomic E-state index is -0.983. The van der Waals surface area contributed by atoms with Gasteiger partial charge in [-0.3, -0.25) is 9.59 Å². The van der Waals surface area contributed by atoms with Crippen molar-refractivity contribution in [3.63, 3.8) is 0 Å². The standard InChI is InChI=1S/C18H12BrCl2N3O3/c1-2-8-27-15-7-6-12(19)9-11(15)10-22-24-18(26)17(25)23-14-5-3-4-13(20)16(14)21/h1,3-7,9-10H,8H2,(H,23,25)(H,24,26)/b22-10+. The number of halogens is 3. The molecule has 2 aromatic carbocycles. The summed E-state index contributed by atoms with van der Waals surface area (Å²) < 4.78 is 6.16. The predicted molar refractivity (Wildman–Crippen MR) is 109 cm³/mol. The fourth-order valence-corrected chi connectivity index (χ4v) is 2.59. The van der Waals surface area contributed by atoms with Crippen molar-refractivity contribution in [1.82, 2.24) is 5.43 Å². The van der Waals surface area contributed by atoms with E-state index >= 15 is 0 Å². The molecule has 0 spiro atoms. The lowest BCUT2D eigenvalue weighted by molar-refractivity contribution is -0.136. The Morgan fingerprint density at radius 3 is 2.78 bits per heavy atom. The Labute approximate surface area is 174 Å². The largest absolute Gasteiger partial charge is 0.480 e. The monoisotopic (exact) mass is 467 g/mol. The van der Waals surface area contributed by atoms with E-state index in [0.717, 1.165) is 4.47 Å². The molecule has 0 aliphatic heterocycles. The van der Waals surface area contributed by atoms with E-state index in [0.29, 0.717) is 11.3 Å². The lowest BCUT2D eigenvalue weighted by atomic mass is 10.2. The summed E-state index contributed by atoms with van der Waals surface area (Å²) in [5.41, 5.74) is 2.89. The van der Waals surface area contributed by atoms with Gasteiger partial charge in [-0.05, 0) is 30.3 Å². The zero-order chi connectivity index (χ0) is 19.8. The maximum atomic E-state index is 11.9. The van der Waals surface area contributed by atoms with Crippen LogP contribution in [0.5, 0.6) is 5.75 Å². The molecule has 2 aromatic rings. The first-order valence-electron chi connectivity index (χ1n) is 7.36. The molecule has 0 radical (unpaired) electrons. The molecule has 0 aliphatic rings. The van der Waals surface area contributed by atoms with Crippen LogP contribution in [0.2, 0.25) is 10.0 Å². The van der Waals surface area contributed by atoms with Crippen LogP contribution in [0.4, 0.5) is 5.69 Å². The van der Waals surface area contributed by atoms with Crippen molar-refractivity contribution in [2.75, 3.05) is 11.9 Å². The van der Waals surface area contributed by atoms with Crippen LogP contribution in [-0.4, -0.2) is 24.6 Å². The smallest absolute Gasteiger partial charge is 0.329 e. The van der Waals surface area contributed by atoms with Crippen LogP contribution in [0, 0.1) is 12.3 Å². The third-order valence-electron chi connectivity index (χ3n) is 3.06. The molecular weight excluding hydrogens is 457 g/mol. The Kier molecular flexibility index (Phi) is 7.67. The van der Waals surface area contributed by atoms with Crippen molar-refractivity contribution in [3.8, 4) is 18.1 Å². The maximum Gasteiger partial charge on any atom is 0.329 e. The highest BCUT2D eigenvalue weighted by Crippen LogP contribution is 2.29. The topological polar surface area (TPSA) is 79.8 Å².